The van der Waals surface area contributed by atoms with E-state index in [-0.39, 0.29) is 12.8 Å². The van der Waals surface area contributed by atoms with E-state index in [9.17, 15) is 40.5 Å². The molecule has 0 aromatic rings. The quantitative estimate of drug-likeness (QED) is 0.0215. The minimum Gasteiger partial charge on any atom is -0.394 e. The first-order chi connectivity index (χ1) is 43.2. The highest BCUT2D eigenvalue weighted by atomic mass is 16.7. The van der Waals surface area contributed by atoms with Crippen LogP contribution in [0, 0.1) is 0 Å². The van der Waals surface area contributed by atoms with Gasteiger partial charge in [-0.1, -0.05) is 339 Å². The van der Waals surface area contributed by atoms with Crippen LogP contribution in [-0.2, 0) is 14.3 Å². The number of carbonyl (C=O) groups excluding carboxylic acids is 1. The number of ether oxygens (including phenoxy) is 2. The van der Waals surface area contributed by atoms with Crippen LogP contribution < -0.4 is 5.32 Å². The fraction of sp³-hybridized carbons (Fsp3) is 0.909. The lowest BCUT2D eigenvalue weighted by molar-refractivity contribution is -0.303. The van der Waals surface area contributed by atoms with E-state index in [1.807, 2.05) is 0 Å². The molecule has 1 aliphatic rings. The lowest BCUT2D eigenvalue weighted by atomic mass is 9.98. The summed E-state index contributed by atoms with van der Waals surface area (Å²) < 4.78 is 11.2. The Hall–Kier alpha value is -1.67. The number of amides is 1. The lowest BCUT2D eigenvalue weighted by Gasteiger charge is -2.40. The van der Waals surface area contributed by atoms with E-state index >= 15 is 0 Å². The molecule has 0 radical (unpaired) electrons. The van der Waals surface area contributed by atoms with Crippen LogP contribution in [-0.4, -0.2) is 110 Å². The third-order valence-electron chi connectivity index (χ3n) is 18.6. The molecule has 1 saturated heterocycles. The highest BCUT2D eigenvalue weighted by molar-refractivity contribution is 5.80. The Morgan fingerprint density at radius 1 is 0.386 bits per heavy atom. The summed E-state index contributed by atoms with van der Waals surface area (Å²) in [4.78, 5) is 13.3. The van der Waals surface area contributed by atoms with Crippen molar-refractivity contribution in [3.05, 3.63) is 36.5 Å². The van der Waals surface area contributed by atoms with Crippen LogP contribution in [0.5, 0.6) is 0 Å². The summed E-state index contributed by atoms with van der Waals surface area (Å²) in [5, 5.41) is 76.6. The van der Waals surface area contributed by atoms with Gasteiger partial charge in [0.2, 0.25) is 5.91 Å². The second-order valence-corrected chi connectivity index (χ2v) is 27.1. The summed E-state index contributed by atoms with van der Waals surface area (Å²) in [5.74, 6) is -0.705. The van der Waals surface area contributed by atoms with E-state index in [0.29, 0.717) is 19.3 Å². The summed E-state index contributed by atoms with van der Waals surface area (Å²) in [6.45, 7) is 3.50. The number of nitrogens with one attached hydrogen (secondary N) is 1. The maximum atomic E-state index is 13.3. The number of carbonyl (C=O) groups is 1. The van der Waals surface area contributed by atoms with Crippen molar-refractivity contribution in [1.29, 1.82) is 0 Å². The van der Waals surface area contributed by atoms with Crippen molar-refractivity contribution in [3.8, 4) is 0 Å². The molecular formula is C77H147NO10. The molecule has 9 unspecified atom stereocenters. The first-order valence-electron chi connectivity index (χ1n) is 38.4. The smallest absolute Gasteiger partial charge is 0.249 e. The van der Waals surface area contributed by atoms with Crippen LogP contribution in [0.15, 0.2) is 36.5 Å². The molecule has 1 heterocycles. The summed E-state index contributed by atoms with van der Waals surface area (Å²) in [7, 11) is 0. The van der Waals surface area contributed by atoms with Gasteiger partial charge in [0.15, 0.2) is 6.29 Å². The van der Waals surface area contributed by atoms with Gasteiger partial charge in [0.05, 0.1) is 25.4 Å². The third kappa shape index (κ3) is 51.8. The van der Waals surface area contributed by atoms with E-state index in [2.05, 4.69) is 55.6 Å². The molecular weight excluding hydrogens is 1100 g/mol. The van der Waals surface area contributed by atoms with Crippen LogP contribution in [0.3, 0.4) is 0 Å². The van der Waals surface area contributed by atoms with E-state index in [4.69, 9.17) is 9.47 Å². The lowest BCUT2D eigenvalue weighted by Crippen LogP contribution is -2.60. The molecule has 0 aromatic heterocycles. The Kier molecular flexibility index (Phi) is 62.7. The Bertz CT molecular complexity index is 1530. The largest absolute Gasteiger partial charge is 0.394 e. The molecule has 0 bridgehead atoms. The summed E-state index contributed by atoms with van der Waals surface area (Å²) in [6, 6.07) is -1.19. The first kappa shape index (κ1) is 84.3. The Morgan fingerprint density at radius 2 is 0.682 bits per heavy atom. The van der Waals surface area contributed by atoms with Gasteiger partial charge in [-0.3, -0.25) is 4.79 Å². The van der Waals surface area contributed by atoms with Gasteiger partial charge < -0.3 is 50.5 Å². The number of hydrogen-bond donors (Lipinski definition) is 8. The van der Waals surface area contributed by atoms with Gasteiger partial charge in [-0.2, -0.15) is 0 Å². The van der Waals surface area contributed by atoms with Gasteiger partial charge in [-0.05, 0) is 77.0 Å². The minimum absolute atomic E-state index is 0.248. The molecule has 1 amide bonds. The molecule has 520 valence electrons. The van der Waals surface area contributed by atoms with Crippen molar-refractivity contribution in [2.24, 2.45) is 0 Å². The standard InChI is InChI=1S/C77H147NO10/c1-3-5-7-9-11-13-15-17-19-21-23-25-27-29-31-33-34-35-37-38-40-42-44-46-48-50-52-54-56-58-60-62-64-69(80)72(82)68(67-87-77-75(85)74(84)73(83)71(66-79)88-77)78-76(86)70(81)65-63-61-59-57-55-53-51-49-47-45-43-41-39-36-32-30-28-26-24-22-20-18-16-14-12-10-8-6-4-2/h30,32,48,50,56,58,68-75,77,79-85H,3-29,31,33-47,49,51-55,57,59-67H2,1-2H3,(H,78,86)/b32-30-,50-48+,58-56+. The molecule has 88 heavy (non-hydrogen) atoms. The second kappa shape index (κ2) is 65.4. The van der Waals surface area contributed by atoms with Gasteiger partial charge in [-0.15, -0.1) is 0 Å². The van der Waals surface area contributed by atoms with E-state index in [0.717, 1.165) is 38.5 Å². The molecule has 11 nitrogen and oxygen atoms in total. The Balaban J connectivity index is 2.18. The zero-order chi connectivity index (χ0) is 63.9. The topological polar surface area (TPSA) is 189 Å². The van der Waals surface area contributed by atoms with Crippen molar-refractivity contribution in [3.63, 3.8) is 0 Å². The molecule has 1 aliphatic heterocycles. The van der Waals surface area contributed by atoms with Crippen LogP contribution in [0.1, 0.15) is 380 Å². The number of unbranched alkanes of at least 4 members (excludes halogenated alkanes) is 50. The third-order valence-corrected chi connectivity index (χ3v) is 18.6. The number of hydrogen-bond acceptors (Lipinski definition) is 10. The van der Waals surface area contributed by atoms with Crippen molar-refractivity contribution in [2.75, 3.05) is 13.2 Å². The van der Waals surface area contributed by atoms with Crippen molar-refractivity contribution in [2.45, 2.75) is 435 Å². The van der Waals surface area contributed by atoms with E-state index in [1.54, 1.807) is 0 Å². The molecule has 0 aromatic carbocycles. The van der Waals surface area contributed by atoms with Gasteiger partial charge in [0.25, 0.3) is 0 Å². The van der Waals surface area contributed by atoms with Gasteiger partial charge in [0.1, 0.15) is 36.6 Å². The number of allylic oxidation sites excluding steroid dienone is 6. The van der Waals surface area contributed by atoms with Crippen LogP contribution in [0.25, 0.3) is 0 Å². The van der Waals surface area contributed by atoms with Gasteiger partial charge in [-0.25, -0.2) is 0 Å². The molecule has 0 saturated carbocycles. The molecule has 0 spiro atoms. The molecule has 9 atom stereocenters. The van der Waals surface area contributed by atoms with Crippen LogP contribution >= 0.6 is 0 Å². The average Bonchev–Trinajstić information content (AvgIpc) is 3.73. The van der Waals surface area contributed by atoms with Crippen molar-refractivity contribution in [1.82, 2.24) is 5.32 Å². The highest BCUT2D eigenvalue weighted by Crippen LogP contribution is 2.24. The minimum atomic E-state index is -1.67. The number of aliphatic hydroxyl groups excluding tert-OH is 7. The summed E-state index contributed by atoms with van der Waals surface area (Å²) >= 11 is 0. The zero-order valence-corrected chi connectivity index (χ0v) is 57.7. The Labute approximate surface area is 543 Å². The summed E-state index contributed by atoms with van der Waals surface area (Å²) in [6.07, 6.45) is 74.0. The number of aliphatic hydroxyl groups is 7. The van der Waals surface area contributed by atoms with E-state index in [1.165, 1.54) is 295 Å². The maximum absolute atomic E-state index is 13.3. The van der Waals surface area contributed by atoms with Crippen LogP contribution in [0.2, 0.25) is 0 Å². The van der Waals surface area contributed by atoms with Crippen molar-refractivity contribution >= 4 is 5.91 Å². The fourth-order valence-electron chi connectivity index (χ4n) is 12.5. The predicted octanol–water partition coefficient (Wildman–Crippen LogP) is 19.3. The van der Waals surface area contributed by atoms with E-state index < -0.39 is 74.2 Å². The Morgan fingerprint density at radius 3 is 1.01 bits per heavy atom. The SMILES string of the molecule is CCCCCCCCCCCCCC/C=C\CCCCCCCCCCCCCCCC(O)C(=O)NC(COC1OC(CO)C(O)C(O)C1O)C(O)C(O)CCC/C=C/CC/C=C/CCCCCCCCCCCCCCCCCCCCCCCCC. The van der Waals surface area contributed by atoms with Crippen LogP contribution in [0.4, 0.5) is 0 Å². The first-order valence-corrected chi connectivity index (χ1v) is 38.4. The normalized spacial score (nSPS) is 18.8. The molecule has 8 N–H and O–H groups in total. The monoisotopic (exact) mass is 1250 g/mol. The second-order valence-electron chi connectivity index (χ2n) is 27.1. The zero-order valence-electron chi connectivity index (χ0n) is 57.7. The molecule has 0 aliphatic carbocycles. The van der Waals surface area contributed by atoms with Crippen molar-refractivity contribution < 1.29 is 50.0 Å². The molecule has 1 fully saturated rings. The van der Waals surface area contributed by atoms with Gasteiger partial charge >= 0.3 is 0 Å². The average molecular weight is 1250 g/mol. The summed E-state index contributed by atoms with van der Waals surface area (Å²) in [5.41, 5.74) is 0. The highest BCUT2D eigenvalue weighted by Gasteiger charge is 2.44. The van der Waals surface area contributed by atoms with Gasteiger partial charge in [0, 0.05) is 0 Å². The maximum Gasteiger partial charge on any atom is 0.249 e. The fourth-order valence-corrected chi connectivity index (χ4v) is 12.5. The molecule has 1 rings (SSSR count). The number of rotatable bonds is 68. The molecule has 11 heteroatoms. The predicted molar refractivity (Wildman–Crippen MR) is 372 cm³/mol.